The number of hydrogen-bond donors (Lipinski definition) is 2. The van der Waals surface area contributed by atoms with E-state index >= 15 is 0 Å². The summed E-state index contributed by atoms with van der Waals surface area (Å²) in [6, 6.07) is 0. The number of methoxy groups -OCH3 is 1. The summed E-state index contributed by atoms with van der Waals surface area (Å²) in [6.07, 6.45) is 0.117. The molecular weight excluding hydrogens is 266 g/mol. The molecule has 1 atom stereocenters. The van der Waals surface area contributed by atoms with E-state index < -0.39 is 6.10 Å². The Balaban J connectivity index is 2.67. The van der Waals surface area contributed by atoms with E-state index in [0.717, 1.165) is 17.2 Å². The molecule has 0 radical (unpaired) electrons. The van der Waals surface area contributed by atoms with Gasteiger partial charge in [-0.2, -0.15) is 0 Å². The van der Waals surface area contributed by atoms with Gasteiger partial charge in [-0.1, -0.05) is 25.4 Å². The van der Waals surface area contributed by atoms with Crippen molar-refractivity contribution in [1.29, 1.82) is 0 Å². The molecule has 1 aromatic rings. The fourth-order valence-electron chi connectivity index (χ4n) is 1.57. The van der Waals surface area contributed by atoms with E-state index in [4.69, 9.17) is 16.3 Å². The highest BCUT2D eigenvalue weighted by Gasteiger charge is 2.12. The quantitative estimate of drug-likeness (QED) is 0.754. The second-order valence-electron chi connectivity index (χ2n) is 4.83. The first-order valence-electron chi connectivity index (χ1n) is 6.40. The van der Waals surface area contributed by atoms with E-state index in [1.54, 1.807) is 7.11 Å². The van der Waals surface area contributed by atoms with Crippen LogP contribution in [0.1, 0.15) is 37.6 Å². The van der Waals surface area contributed by atoms with Crippen molar-refractivity contribution in [3.8, 4) is 0 Å². The summed E-state index contributed by atoms with van der Waals surface area (Å²) >= 11 is 6.09. The SMILES string of the molecule is COCC(O)CCNc1nc(C(C)C)nc(Cl)c1C. The molecule has 6 heteroatoms. The van der Waals surface area contributed by atoms with Crippen LogP contribution in [-0.4, -0.2) is 41.4 Å². The lowest BCUT2D eigenvalue weighted by Gasteiger charge is -2.14. The summed E-state index contributed by atoms with van der Waals surface area (Å²) in [5.74, 6) is 1.67. The fraction of sp³-hybridized carbons (Fsp3) is 0.692. The molecule has 1 aromatic heterocycles. The number of nitrogens with zero attached hydrogens (tertiary/aromatic N) is 2. The van der Waals surface area contributed by atoms with Crippen LogP contribution < -0.4 is 5.32 Å². The lowest BCUT2D eigenvalue weighted by atomic mass is 10.2. The molecule has 19 heavy (non-hydrogen) atoms. The Morgan fingerprint density at radius 3 is 2.63 bits per heavy atom. The van der Waals surface area contributed by atoms with Crippen LogP contribution >= 0.6 is 11.6 Å². The van der Waals surface area contributed by atoms with E-state index in [1.165, 1.54) is 0 Å². The Morgan fingerprint density at radius 2 is 2.05 bits per heavy atom. The van der Waals surface area contributed by atoms with Gasteiger partial charge in [0.2, 0.25) is 0 Å². The predicted octanol–water partition coefficient (Wildman–Crippen LogP) is 2.37. The van der Waals surface area contributed by atoms with Gasteiger partial charge >= 0.3 is 0 Å². The number of anilines is 1. The van der Waals surface area contributed by atoms with E-state index in [9.17, 15) is 5.11 Å². The van der Waals surface area contributed by atoms with Gasteiger partial charge in [0.15, 0.2) is 0 Å². The Hall–Kier alpha value is -0.910. The number of ether oxygens (including phenoxy) is 1. The van der Waals surface area contributed by atoms with Gasteiger partial charge < -0.3 is 15.2 Å². The van der Waals surface area contributed by atoms with Crippen LogP contribution in [0.2, 0.25) is 5.15 Å². The molecule has 0 amide bonds. The molecule has 0 saturated carbocycles. The van der Waals surface area contributed by atoms with Crippen LogP contribution in [0, 0.1) is 6.92 Å². The first-order valence-corrected chi connectivity index (χ1v) is 6.78. The molecule has 0 spiro atoms. The van der Waals surface area contributed by atoms with Crippen molar-refractivity contribution >= 4 is 17.4 Å². The molecule has 0 saturated heterocycles. The number of aliphatic hydroxyl groups excluding tert-OH is 1. The van der Waals surface area contributed by atoms with E-state index in [-0.39, 0.29) is 5.92 Å². The maximum atomic E-state index is 9.57. The fourth-order valence-corrected chi connectivity index (χ4v) is 1.74. The molecule has 1 rings (SSSR count). The van der Waals surface area contributed by atoms with Crippen molar-refractivity contribution < 1.29 is 9.84 Å². The number of aromatic nitrogens is 2. The molecule has 2 N–H and O–H groups in total. The highest BCUT2D eigenvalue weighted by atomic mass is 35.5. The van der Waals surface area contributed by atoms with Crippen LogP contribution in [0.3, 0.4) is 0 Å². The topological polar surface area (TPSA) is 67.3 Å². The minimum absolute atomic E-state index is 0.220. The molecular formula is C13H22ClN3O2. The maximum Gasteiger partial charge on any atom is 0.137 e. The Morgan fingerprint density at radius 1 is 1.37 bits per heavy atom. The van der Waals surface area contributed by atoms with Crippen molar-refractivity contribution in [2.24, 2.45) is 0 Å². The van der Waals surface area contributed by atoms with Crippen LogP contribution in [0.25, 0.3) is 0 Å². The molecule has 0 aliphatic rings. The standard InChI is InChI=1S/C13H22ClN3O2/c1-8(2)12-16-11(14)9(3)13(17-12)15-6-5-10(18)7-19-4/h8,10,18H,5-7H2,1-4H3,(H,15,16,17). The summed E-state index contributed by atoms with van der Waals surface area (Å²) in [5, 5.41) is 13.2. The monoisotopic (exact) mass is 287 g/mol. The number of rotatable bonds is 7. The van der Waals surface area contributed by atoms with Gasteiger partial charge in [-0.25, -0.2) is 9.97 Å². The maximum absolute atomic E-state index is 9.57. The van der Waals surface area contributed by atoms with Crippen molar-refractivity contribution in [3.63, 3.8) is 0 Å². The number of aliphatic hydroxyl groups is 1. The van der Waals surface area contributed by atoms with Gasteiger partial charge in [0, 0.05) is 25.1 Å². The van der Waals surface area contributed by atoms with Crippen molar-refractivity contribution in [2.75, 3.05) is 25.6 Å². The molecule has 1 heterocycles. The molecule has 0 fully saturated rings. The predicted molar refractivity (Wildman–Crippen MR) is 76.9 cm³/mol. The zero-order valence-corrected chi connectivity index (χ0v) is 12.7. The first kappa shape index (κ1) is 16.1. The van der Waals surface area contributed by atoms with Gasteiger partial charge in [0.05, 0.1) is 12.7 Å². The molecule has 5 nitrogen and oxygen atoms in total. The largest absolute Gasteiger partial charge is 0.391 e. The van der Waals surface area contributed by atoms with Crippen LogP contribution in [0.15, 0.2) is 0 Å². The summed E-state index contributed by atoms with van der Waals surface area (Å²) in [7, 11) is 1.57. The van der Waals surface area contributed by atoms with Crippen molar-refractivity contribution in [1.82, 2.24) is 9.97 Å². The molecule has 108 valence electrons. The van der Waals surface area contributed by atoms with Crippen LogP contribution in [0.4, 0.5) is 5.82 Å². The Bertz CT molecular complexity index is 413. The molecule has 0 aliphatic heterocycles. The van der Waals surface area contributed by atoms with Gasteiger partial charge in [-0.15, -0.1) is 0 Å². The highest BCUT2D eigenvalue weighted by molar-refractivity contribution is 6.30. The van der Waals surface area contributed by atoms with Crippen LogP contribution in [0.5, 0.6) is 0 Å². The zero-order valence-electron chi connectivity index (χ0n) is 11.9. The molecule has 1 unspecified atom stereocenters. The number of hydrogen-bond acceptors (Lipinski definition) is 5. The van der Waals surface area contributed by atoms with Gasteiger partial charge in [-0.05, 0) is 13.3 Å². The second kappa shape index (κ2) is 7.62. The average molecular weight is 288 g/mol. The Kier molecular flexibility index (Phi) is 6.48. The third kappa shape index (κ3) is 4.93. The second-order valence-corrected chi connectivity index (χ2v) is 5.18. The van der Waals surface area contributed by atoms with E-state index in [0.29, 0.717) is 24.7 Å². The summed E-state index contributed by atoms with van der Waals surface area (Å²) < 4.78 is 4.88. The van der Waals surface area contributed by atoms with Gasteiger partial charge in [-0.3, -0.25) is 0 Å². The first-order chi connectivity index (χ1) is 8.95. The lowest BCUT2D eigenvalue weighted by molar-refractivity contribution is 0.0615. The van der Waals surface area contributed by atoms with Crippen molar-refractivity contribution in [2.45, 2.75) is 39.2 Å². The van der Waals surface area contributed by atoms with Gasteiger partial charge in [0.1, 0.15) is 16.8 Å². The van der Waals surface area contributed by atoms with E-state index in [1.807, 2.05) is 20.8 Å². The average Bonchev–Trinajstić information content (AvgIpc) is 2.34. The summed E-state index contributed by atoms with van der Waals surface area (Å²) in [5.41, 5.74) is 0.826. The number of nitrogens with one attached hydrogen (secondary N) is 1. The minimum atomic E-state index is -0.473. The lowest BCUT2D eigenvalue weighted by Crippen LogP contribution is -2.19. The molecule has 0 aliphatic carbocycles. The highest BCUT2D eigenvalue weighted by Crippen LogP contribution is 2.22. The third-order valence-electron chi connectivity index (χ3n) is 2.75. The summed E-state index contributed by atoms with van der Waals surface area (Å²) in [4.78, 5) is 8.71. The summed E-state index contributed by atoms with van der Waals surface area (Å²) in [6.45, 7) is 6.86. The molecule has 0 aromatic carbocycles. The zero-order chi connectivity index (χ0) is 14.4. The van der Waals surface area contributed by atoms with E-state index in [2.05, 4.69) is 15.3 Å². The normalized spacial score (nSPS) is 12.8. The van der Waals surface area contributed by atoms with Gasteiger partial charge in [0.25, 0.3) is 0 Å². The minimum Gasteiger partial charge on any atom is -0.391 e. The van der Waals surface area contributed by atoms with Crippen LogP contribution in [-0.2, 0) is 4.74 Å². The smallest absolute Gasteiger partial charge is 0.137 e. The van der Waals surface area contributed by atoms with Crippen molar-refractivity contribution in [3.05, 3.63) is 16.5 Å². The Labute approximate surface area is 119 Å². The molecule has 0 bridgehead atoms. The third-order valence-corrected chi connectivity index (χ3v) is 3.12. The number of halogens is 1.